The Hall–Kier alpha value is -2.94. The number of rotatable bonds is 8. The minimum Gasteiger partial charge on any atom is -0.370 e. The van der Waals surface area contributed by atoms with Crippen molar-refractivity contribution in [3.05, 3.63) is 35.4 Å². The molecule has 30 heavy (non-hydrogen) atoms. The number of hydrogen-bond donors (Lipinski definition) is 5. The standard InChI is InChI=1S/C21H29N6O3/c22-21(23)25-10-3-6-15(13-28)26-19(29)17-8-4-12-27(17)20(30)18-16-7-2-1-5-14(16)9-11-24-18/h1-2,5,7,15,17-18,24H,3-4,6,8-12H2,(H,26,29)(H4,22,23,25)/t15-,17+,18?/m0/s1. The summed E-state index contributed by atoms with van der Waals surface area (Å²) in [7, 11) is 0. The van der Waals surface area contributed by atoms with Gasteiger partial charge in [0.2, 0.25) is 18.1 Å². The molecule has 0 saturated carbocycles. The molecule has 2 heterocycles. The van der Waals surface area contributed by atoms with Gasteiger partial charge in [0, 0.05) is 19.6 Å². The zero-order valence-corrected chi connectivity index (χ0v) is 16.9. The lowest BCUT2D eigenvalue weighted by Crippen LogP contribution is -2.52. The maximum atomic E-state index is 13.3. The molecule has 9 heteroatoms. The Bertz CT molecular complexity index is 799. The molecule has 1 unspecified atom stereocenters. The van der Waals surface area contributed by atoms with Crippen LogP contribution < -0.4 is 21.7 Å². The van der Waals surface area contributed by atoms with Crippen LogP contribution in [0.3, 0.4) is 0 Å². The molecule has 1 aromatic carbocycles. The van der Waals surface area contributed by atoms with Crippen LogP contribution in [0.2, 0.25) is 0 Å². The molecule has 0 aromatic heterocycles. The second-order valence-corrected chi connectivity index (χ2v) is 7.69. The van der Waals surface area contributed by atoms with Gasteiger partial charge in [-0.2, -0.15) is 0 Å². The van der Waals surface area contributed by atoms with Gasteiger partial charge in [-0.3, -0.25) is 19.8 Å². The average molecular weight is 414 g/mol. The first kappa shape index (κ1) is 21.8. The Morgan fingerprint density at radius 3 is 2.93 bits per heavy atom. The van der Waals surface area contributed by atoms with Gasteiger partial charge in [0.1, 0.15) is 12.1 Å². The van der Waals surface area contributed by atoms with Gasteiger partial charge in [-0.1, -0.05) is 24.3 Å². The van der Waals surface area contributed by atoms with Crippen LogP contribution in [0.5, 0.6) is 0 Å². The number of fused-ring (bicyclic) bond motifs is 1. The summed E-state index contributed by atoms with van der Waals surface area (Å²) in [5.41, 5.74) is 7.35. The normalized spacial score (nSPS) is 21.4. The fourth-order valence-electron chi connectivity index (χ4n) is 4.15. The Balaban J connectivity index is 1.61. The lowest BCUT2D eigenvalue weighted by molar-refractivity contribution is -0.140. The van der Waals surface area contributed by atoms with Gasteiger partial charge in [0.15, 0.2) is 5.96 Å². The highest BCUT2D eigenvalue weighted by Crippen LogP contribution is 2.28. The molecule has 161 valence electrons. The second kappa shape index (κ2) is 10.2. The van der Waals surface area contributed by atoms with Gasteiger partial charge in [-0.25, -0.2) is 0 Å². The van der Waals surface area contributed by atoms with E-state index in [2.05, 4.69) is 16.0 Å². The van der Waals surface area contributed by atoms with Crippen molar-refractivity contribution >= 4 is 24.1 Å². The van der Waals surface area contributed by atoms with Crippen LogP contribution in [-0.4, -0.2) is 60.7 Å². The Kier molecular flexibility index (Phi) is 7.40. The summed E-state index contributed by atoms with van der Waals surface area (Å²) >= 11 is 0. The smallest absolute Gasteiger partial charge is 0.245 e. The highest BCUT2D eigenvalue weighted by molar-refractivity contribution is 5.92. The van der Waals surface area contributed by atoms with E-state index >= 15 is 0 Å². The quantitative estimate of drug-likeness (QED) is 0.226. The van der Waals surface area contributed by atoms with Crippen molar-refractivity contribution < 1.29 is 14.4 Å². The summed E-state index contributed by atoms with van der Waals surface area (Å²) in [5.74, 6) is -0.557. The first-order valence-corrected chi connectivity index (χ1v) is 10.4. The number of likely N-dealkylation sites (tertiary alicyclic amines) is 1. The molecule has 0 aliphatic carbocycles. The third kappa shape index (κ3) is 5.15. The summed E-state index contributed by atoms with van der Waals surface area (Å²) in [5, 5.41) is 15.8. The first-order chi connectivity index (χ1) is 14.5. The fraction of sp³-hybridized carbons (Fsp3) is 0.524. The number of nitrogens with zero attached hydrogens (tertiary/aromatic N) is 1. The number of carbonyl (C=O) groups excluding carboxylic acids is 3. The molecule has 1 radical (unpaired) electrons. The second-order valence-electron chi connectivity index (χ2n) is 7.69. The van der Waals surface area contributed by atoms with E-state index in [1.807, 2.05) is 30.6 Å². The molecule has 1 saturated heterocycles. The third-order valence-electron chi connectivity index (χ3n) is 5.64. The van der Waals surface area contributed by atoms with E-state index in [4.69, 9.17) is 11.1 Å². The molecule has 3 rings (SSSR count). The molecule has 9 nitrogen and oxygen atoms in total. The van der Waals surface area contributed by atoms with Crippen molar-refractivity contribution in [1.82, 2.24) is 20.9 Å². The van der Waals surface area contributed by atoms with Crippen LogP contribution in [-0.2, 0) is 20.8 Å². The summed E-state index contributed by atoms with van der Waals surface area (Å²) in [6.07, 6.45) is 4.98. The van der Waals surface area contributed by atoms with E-state index in [0.29, 0.717) is 38.9 Å². The summed E-state index contributed by atoms with van der Waals surface area (Å²) < 4.78 is 0. The summed E-state index contributed by atoms with van der Waals surface area (Å²) in [6, 6.07) is 6.11. The van der Waals surface area contributed by atoms with E-state index in [1.165, 1.54) is 0 Å². The van der Waals surface area contributed by atoms with Crippen molar-refractivity contribution in [2.24, 2.45) is 5.73 Å². The van der Waals surface area contributed by atoms with Gasteiger partial charge in [-0.15, -0.1) is 0 Å². The van der Waals surface area contributed by atoms with Gasteiger partial charge in [0.05, 0.1) is 6.04 Å². The van der Waals surface area contributed by atoms with Crippen molar-refractivity contribution in [1.29, 1.82) is 5.41 Å². The van der Waals surface area contributed by atoms with Crippen molar-refractivity contribution in [2.75, 3.05) is 19.6 Å². The Labute approximate surface area is 176 Å². The third-order valence-corrected chi connectivity index (χ3v) is 5.64. The van der Waals surface area contributed by atoms with E-state index in [0.717, 1.165) is 24.0 Å². The van der Waals surface area contributed by atoms with Crippen LogP contribution in [0, 0.1) is 5.41 Å². The van der Waals surface area contributed by atoms with Gasteiger partial charge < -0.3 is 26.6 Å². The van der Waals surface area contributed by atoms with E-state index in [1.54, 1.807) is 4.90 Å². The minimum absolute atomic E-state index is 0.0999. The summed E-state index contributed by atoms with van der Waals surface area (Å²) in [6.45, 7) is 1.67. The number of nitrogens with two attached hydrogens (primary N) is 1. The largest absolute Gasteiger partial charge is 0.370 e. The highest BCUT2D eigenvalue weighted by atomic mass is 16.2. The van der Waals surface area contributed by atoms with Gasteiger partial charge >= 0.3 is 0 Å². The number of nitrogens with one attached hydrogen (secondary N) is 4. The van der Waals surface area contributed by atoms with Gasteiger partial charge in [0.25, 0.3) is 0 Å². The number of benzene rings is 1. The molecule has 3 atom stereocenters. The predicted octanol–water partition coefficient (Wildman–Crippen LogP) is -0.278. The van der Waals surface area contributed by atoms with Crippen molar-refractivity contribution in [2.45, 2.75) is 50.2 Å². The number of hydrogen-bond acceptors (Lipinski definition) is 5. The van der Waals surface area contributed by atoms with Gasteiger partial charge in [-0.05, 0) is 43.2 Å². The van der Waals surface area contributed by atoms with E-state index < -0.39 is 18.1 Å². The molecule has 1 fully saturated rings. The van der Waals surface area contributed by atoms with Crippen LogP contribution in [0.25, 0.3) is 0 Å². The minimum atomic E-state index is -0.752. The van der Waals surface area contributed by atoms with Crippen LogP contribution >= 0.6 is 0 Å². The SMILES string of the molecule is N=C(N)NCCC[C@@H]([C]=O)NC(=O)[C@H]1CCCN1C(=O)C1NCCc2ccccc21. The summed E-state index contributed by atoms with van der Waals surface area (Å²) in [4.78, 5) is 39.0. The molecule has 6 N–H and O–H groups in total. The lowest BCUT2D eigenvalue weighted by Gasteiger charge is -2.32. The van der Waals surface area contributed by atoms with Crippen molar-refractivity contribution in [3.63, 3.8) is 0 Å². The topological polar surface area (TPSA) is 140 Å². The predicted molar refractivity (Wildman–Crippen MR) is 112 cm³/mol. The average Bonchev–Trinajstić information content (AvgIpc) is 3.24. The van der Waals surface area contributed by atoms with E-state index in [9.17, 15) is 14.4 Å². The highest BCUT2D eigenvalue weighted by Gasteiger charge is 2.39. The molecule has 2 amide bonds. The van der Waals surface area contributed by atoms with Crippen molar-refractivity contribution in [3.8, 4) is 0 Å². The Morgan fingerprint density at radius 1 is 1.37 bits per heavy atom. The number of guanidine groups is 1. The molecule has 0 bridgehead atoms. The fourth-order valence-corrected chi connectivity index (χ4v) is 4.15. The lowest BCUT2D eigenvalue weighted by atomic mass is 9.93. The molecule has 2 aliphatic heterocycles. The molecule has 0 spiro atoms. The molecule has 2 aliphatic rings. The van der Waals surface area contributed by atoms with Crippen LogP contribution in [0.1, 0.15) is 42.9 Å². The number of amides is 2. The zero-order chi connectivity index (χ0) is 21.5. The zero-order valence-electron chi connectivity index (χ0n) is 16.9. The first-order valence-electron chi connectivity index (χ1n) is 10.4. The molecular weight excluding hydrogens is 384 g/mol. The maximum absolute atomic E-state index is 13.3. The molecular formula is C21H29N6O3. The van der Waals surface area contributed by atoms with Crippen LogP contribution in [0.4, 0.5) is 0 Å². The van der Waals surface area contributed by atoms with Crippen LogP contribution in [0.15, 0.2) is 24.3 Å². The maximum Gasteiger partial charge on any atom is 0.245 e. The number of carbonyl (C=O) groups is 2. The Morgan fingerprint density at radius 2 is 2.17 bits per heavy atom. The van der Waals surface area contributed by atoms with E-state index in [-0.39, 0.29) is 17.8 Å². The monoisotopic (exact) mass is 413 g/mol. The molecule has 1 aromatic rings.